The Balaban J connectivity index is 1.42. The molecule has 11 heteroatoms. The van der Waals surface area contributed by atoms with Crippen LogP contribution in [0.25, 0.3) is 0 Å². The second-order valence-electron chi connectivity index (χ2n) is 15.3. The van der Waals surface area contributed by atoms with Crippen molar-refractivity contribution in [2.45, 2.75) is 127 Å². The smallest absolute Gasteiger partial charge is 0.333 e. The molecule has 6 fully saturated rings. The first-order valence-corrected chi connectivity index (χ1v) is 17.6. The van der Waals surface area contributed by atoms with Gasteiger partial charge in [0, 0.05) is 36.2 Å². The van der Waals surface area contributed by atoms with Crippen LogP contribution in [-0.2, 0) is 23.8 Å². The number of hydrogen-bond donors (Lipinski definition) is 6. The summed E-state index contributed by atoms with van der Waals surface area (Å²) in [5.41, 5.74) is 12.7. The minimum atomic E-state index is -0.987. The van der Waals surface area contributed by atoms with E-state index in [0.29, 0.717) is 23.8 Å². The summed E-state index contributed by atoms with van der Waals surface area (Å²) in [6.07, 6.45) is 5.68. The number of Topliss-reactive ketones (excluding diaryl/α,β-unsaturated/α-hetero) is 1. The number of fused-ring (bicyclic) bond motifs is 4. The van der Waals surface area contributed by atoms with Gasteiger partial charge in [0.1, 0.15) is 23.7 Å². The number of carbonyl (C=O) groups excluding carboxylic acids is 2. The number of quaternary nitrogens is 1. The number of carbonyl (C=O) groups is 2. The number of ether oxygens (including phenoxy) is 3. The monoisotopic (exact) mass is 633 g/mol. The molecule has 2 bridgehead atoms. The first-order chi connectivity index (χ1) is 21.5. The number of aliphatic hydroxyl groups excluding tert-OH is 2. The average molecular weight is 634 g/mol. The van der Waals surface area contributed by atoms with Crippen molar-refractivity contribution in [3.8, 4) is 0 Å². The summed E-state index contributed by atoms with van der Waals surface area (Å²) in [5.74, 6) is -0.596. The largest absolute Gasteiger partial charge is 0.456 e. The summed E-state index contributed by atoms with van der Waals surface area (Å²) in [6.45, 7) is 7.25. The van der Waals surface area contributed by atoms with Crippen LogP contribution in [0.5, 0.6) is 0 Å². The molecule has 0 spiro atoms. The maximum atomic E-state index is 13.6. The first kappa shape index (κ1) is 33.5. The second kappa shape index (κ2) is 13.6. The van der Waals surface area contributed by atoms with Gasteiger partial charge in [0.05, 0.1) is 49.7 Å². The molecule has 0 aromatic carbocycles. The molecule has 0 aromatic heterocycles. The highest BCUT2D eigenvalue weighted by Crippen LogP contribution is 2.55. The molecule has 5 aliphatic heterocycles. The molecule has 5 heterocycles. The highest BCUT2D eigenvalue weighted by Gasteiger charge is 2.63. The van der Waals surface area contributed by atoms with Gasteiger partial charge in [-0.2, -0.15) is 0 Å². The van der Waals surface area contributed by atoms with Crippen molar-refractivity contribution in [1.82, 2.24) is 5.32 Å². The quantitative estimate of drug-likeness (QED) is 0.182. The van der Waals surface area contributed by atoms with E-state index in [-0.39, 0.29) is 66.9 Å². The molecular formula is C34H57N4O7+. The van der Waals surface area contributed by atoms with Crippen LogP contribution in [0.1, 0.15) is 78.6 Å². The van der Waals surface area contributed by atoms with E-state index >= 15 is 0 Å². The zero-order valence-electron chi connectivity index (χ0n) is 27.3. The molecule has 45 heavy (non-hydrogen) atoms. The summed E-state index contributed by atoms with van der Waals surface area (Å²) < 4.78 is 20.2. The Hall–Kier alpha value is -1.44. The zero-order valence-corrected chi connectivity index (χ0v) is 27.3. The van der Waals surface area contributed by atoms with Crippen LogP contribution in [0.4, 0.5) is 0 Å². The number of rotatable bonds is 5. The van der Waals surface area contributed by atoms with E-state index in [1.54, 1.807) is 13.0 Å². The Labute approximate surface area is 267 Å². The number of hydrogen-bond acceptors (Lipinski definition) is 10. The van der Waals surface area contributed by atoms with Gasteiger partial charge in [0.15, 0.2) is 0 Å². The molecule has 9 N–H and O–H groups in total. The van der Waals surface area contributed by atoms with E-state index in [4.69, 9.17) is 25.7 Å². The molecule has 6 aliphatic rings. The number of allylic oxidation sites excluding steroid dienone is 1. The van der Waals surface area contributed by atoms with Crippen molar-refractivity contribution >= 4 is 11.8 Å². The number of nitrogens with two attached hydrogens (primary N) is 3. The van der Waals surface area contributed by atoms with Crippen LogP contribution in [0, 0.1) is 41.4 Å². The van der Waals surface area contributed by atoms with E-state index in [1.807, 2.05) is 6.92 Å². The highest BCUT2D eigenvalue weighted by atomic mass is 16.6. The van der Waals surface area contributed by atoms with Gasteiger partial charge in [-0.3, -0.25) is 10.5 Å². The number of aliphatic hydroxyl groups is 2. The molecule has 254 valence electrons. The summed E-state index contributed by atoms with van der Waals surface area (Å²) in [7, 11) is 0. The lowest BCUT2D eigenvalue weighted by Crippen LogP contribution is -2.95. The van der Waals surface area contributed by atoms with Crippen molar-refractivity contribution in [2.75, 3.05) is 19.7 Å². The fourth-order valence-electron chi connectivity index (χ4n) is 9.99. The van der Waals surface area contributed by atoms with Crippen LogP contribution in [0.2, 0.25) is 0 Å². The standard InChI is InChI=1S/C34H56N4O7/c1-4-17(2)33(42)44-26-14-23-29(41)28-25(40)13-21(16-39)43-31(28)24-12-19-9-10-37-32(36)22(19)7-6-20(34(26,3)45-30(23)24)11-18-5-8-27(35)38-15-18/h4,18-24,26-32,37-39,41H,5-16,35-36H2,1-3H3/p+1/t18?,19?,20-,21?,22?,23?,24?,26-,27?,28?,29?,30?,31?,32?,34-/m0/s1. The molecule has 6 rings (SSSR count). The predicted molar refractivity (Wildman–Crippen MR) is 166 cm³/mol. The van der Waals surface area contributed by atoms with Gasteiger partial charge in [0.25, 0.3) is 0 Å². The number of ketones is 1. The third-order valence-corrected chi connectivity index (χ3v) is 12.8. The lowest BCUT2D eigenvalue weighted by atomic mass is 9.58. The van der Waals surface area contributed by atoms with Crippen LogP contribution < -0.4 is 22.1 Å². The molecule has 1 aliphatic carbocycles. The summed E-state index contributed by atoms with van der Waals surface area (Å²) in [6, 6.07) is 0. The summed E-state index contributed by atoms with van der Waals surface area (Å²) in [5, 5.41) is 27.7. The van der Waals surface area contributed by atoms with Crippen molar-refractivity contribution in [3.05, 3.63) is 11.6 Å². The summed E-state index contributed by atoms with van der Waals surface area (Å²) >= 11 is 0. The van der Waals surface area contributed by atoms with E-state index < -0.39 is 35.9 Å². The van der Waals surface area contributed by atoms with Gasteiger partial charge < -0.3 is 40.8 Å². The van der Waals surface area contributed by atoms with E-state index in [9.17, 15) is 19.8 Å². The summed E-state index contributed by atoms with van der Waals surface area (Å²) in [4.78, 5) is 26.9. The number of nitrogens with one attached hydrogen (secondary N) is 1. The van der Waals surface area contributed by atoms with Gasteiger partial charge in [-0.25, -0.2) is 4.79 Å². The topological polar surface area (TPSA) is 183 Å². The minimum Gasteiger partial charge on any atom is -0.456 e. The van der Waals surface area contributed by atoms with Gasteiger partial charge in [-0.1, -0.05) is 6.08 Å². The minimum absolute atomic E-state index is 0.0665. The molecule has 11 nitrogen and oxygen atoms in total. The fourth-order valence-corrected chi connectivity index (χ4v) is 9.99. The zero-order chi connectivity index (χ0) is 32.0. The first-order valence-electron chi connectivity index (χ1n) is 17.6. The van der Waals surface area contributed by atoms with Crippen molar-refractivity contribution in [1.29, 1.82) is 0 Å². The Morgan fingerprint density at radius 3 is 2.64 bits per heavy atom. The maximum Gasteiger partial charge on any atom is 0.333 e. The van der Waals surface area contributed by atoms with Gasteiger partial charge >= 0.3 is 5.97 Å². The molecule has 0 aromatic rings. The van der Waals surface area contributed by atoms with Crippen molar-refractivity contribution in [2.24, 2.45) is 52.9 Å². The Bertz CT molecular complexity index is 1110. The third-order valence-electron chi connectivity index (χ3n) is 12.8. The molecule has 1 saturated carbocycles. The Morgan fingerprint density at radius 1 is 1.13 bits per heavy atom. The van der Waals surface area contributed by atoms with Gasteiger partial charge in [-0.15, -0.1) is 0 Å². The molecule has 0 amide bonds. The van der Waals surface area contributed by atoms with E-state index in [1.165, 1.54) is 0 Å². The van der Waals surface area contributed by atoms with E-state index in [2.05, 4.69) is 17.6 Å². The van der Waals surface area contributed by atoms with Crippen molar-refractivity contribution < 1.29 is 39.3 Å². The van der Waals surface area contributed by atoms with Crippen LogP contribution in [-0.4, -0.2) is 90.1 Å². The second-order valence-corrected chi connectivity index (χ2v) is 15.3. The maximum absolute atomic E-state index is 13.6. The Morgan fingerprint density at radius 2 is 1.93 bits per heavy atom. The SMILES string of the molecule is CC=C(C)C(=O)O[C@H]1CC2C(O)C3C(=O)CC(CO)OC3C3CC4CCNC(N)C4CC[C@@H](CC4CCC(N)[NH2+]C4)[C@]1(C)OC23. The van der Waals surface area contributed by atoms with Crippen LogP contribution in [0.15, 0.2) is 11.6 Å². The normalized spacial score (nSPS) is 49.0. The Kier molecular flexibility index (Phi) is 10.1. The average Bonchev–Trinajstić information content (AvgIpc) is 3.02. The van der Waals surface area contributed by atoms with E-state index in [0.717, 1.165) is 58.0 Å². The molecular weight excluding hydrogens is 576 g/mol. The molecule has 5 saturated heterocycles. The predicted octanol–water partition coefficient (Wildman–Crippen LogP) is 0.313. The van der Waals surface area contributed by atoms with Gasteiger partial charge in [-0.05, 0) is 90.0 Å². The van der Waals surface area contributed by atoms with Crippen LogP contribution in [0.3, 0.4) is 0 Å². The fraction of sp³-hybridized carbons (Fsp3) is 0.882. The lowest BCUT2D eigenvalue weighted by Gasteiger charge is -2.60. The van der Waals surface area contributed by atoms with Crippen LogP contribution >= 0.6 is 0 Å². The molecule has 12 unspecified atom stereocenters. The van der Waals surface area contributed by atoms with Crippen molar-refractivity contribution in [3.63, 3.8) is 0 Å². The lowest BCUT2D eigenvalue weighted by molar-refractivity contribution is -0.703. The van der Waals surface area contributed by atoms with Gasteiger partial charge in [0.2, 0.25) is 0 Å². The molecule has 15 atom stereocenters. The molecule has 0 radical (unpaired) electrons. The highest BCUT2D eigenvalue weighted by molar-refractivity contribution is 5.87. The number of piperidine rings is 2. The third kappa shape index (κ3) is 6.40. The number of esters is 1.